The molecule has 8 heteroatoms. The Morgan fingerprint density at radius 1 is 1.33 bits per heavy atom. The van der Waals surface area contributed by atoms with Crippen LogP contribution in [0.3, 0.4) is 0 Å². The van der Waals surface area contributed by atoms with Gasteiger partial charge in [0.05, 0.1) is 0 Å². The summed E-state index contributed by atoms with van der Waals surface area (Å²) >= 11 is 0. The summed E-state index contributed by atoms with van der Waals surface area (Å²) in [5.74, 6) is 1.06. The van der Waals surface area contributed by atoms with E-state index >= 15 is 0 Å². The number of rotatable bonds is 7. The van der Waals surface area contributed by atoms with Crippen molar-refractivity contribution in [2.24, 2.45) is 0 Å². The molecule has 2 heterocycles. The van der Waals surface area contributed by atoms with E-state index in [9.17, 15) is 0 Å². The molecule has 0 fully saturated rings. The van der Waals surface area contributed by atoms with E-state index in [0.29, 0.717) is 17.9 Å². The van der Waals surface area contributed by atoms with Gasteiger partial charge in [-0.2, -0.15) is 20.1 Å². The van der Waals surface area contributed by atoms with Crippen molar-refractivity contribution in [2.45, 2.75) is 26.3 Å². The first kappa shape index (κ1) is 15.2. The van der Waals surface area contributed by atoms with Crippen LogP contribution in [0, 0.1) is 0 Å². The van der Waals surface area contributed by atoms with Gasteiger partial charge in [-0.1, -0.05) is 0 Å². The molecule has 0 aliphatic heterocycles. The number of nitrogens with one attached hydrogen (secondary N) is 1. The number of aromatic nitrogens is 5. The van der Waals surface area contributed by atoms with Gasteiger partial charge in [-0.25, -0.2) is 4.68 Å². The Balaban J connectivity index is 1.92. The van der Waals surface area contributed by atoms with Crippen molar-refractivity contribution in [3.63, 3.8) is 0 Å². The summed E-state index contributed by atoms with van der Waals surface area (Å²) in [6, 6.07) is 2.35. The molecule has 2 aromatic rings. The van der Waals surface area contributed by atoms with E-state index in [1.54, 1.807) is 23.1 Å². The van der Waals surface area contributed by atoms with E-state index in [4.69, 9.17) is 5.73 Å². The summed E-state index contributed by atoms with van der Waals surface area (Å²) < 4.78 is 1.55. The molecular formula is C13H22N8. The summed E-state index contributed by atoms with van der Waals surface area (Å²) in [4.78, 5) is 14.7. The first-order chi connectivity index (χ1) is 10.1. The molecule has 0 aliphatic rings. The lowest BCUT2D eigenvalue weighted by molar-refractivity contribution is 0.273. The Kier molecular flexibility index (Phi) is 5.04. The summed E-state index contributed by atoms with van der Waals surface area (Å²) in [6.45, 7) is 6.14. The second kappa shape index (κ2) is 6.98. The minimum Gasteiger partial charge on any atom is -0.368 e. The third-order valence-electron chi connectivity index (χ3n) is 3.20. The van der Waals surface area contributed by atoms with Gasteiger partial charge < -0.3 is 16.0 Å². The van der Waals surface area contributed by atoms with Crippen LogP contribution in [-0.2, 0) is 0 Å². The van der Waals surface area contributed by atoms with Crippen molar-refractivity contribution in [3.05, 3.63) is 18.5 Å². The molecule has 0 spiro atoms. The molecule has 8 nitrogen and oxygen atoms in total. The van der Waals surface area contributed by atoms with Crippen LogP contribution in [0.5, 0.6) is 0 Å². The van der Waals surface area contributed by atoms with E-state index in [1.165, 1.54) is 0 Å². The fourth-order valence-corrected chi connectivity index (χ4v) is 1.74. The third-order valence-corrected chi connectivity index (χ3v) is 3.20. The second-order valence-electron chi connectivity index (χ2n) is 5.12. The maximum atomic E-state index is 5.71. The van der Waals surface area contributed by atoms with Crippen LogP contribution >= 0.6 is 0 Å². The lowest BCUT2D eigenvalue weighted by Crippen LogP contribution is -2.28. The van der Waals surface area contributed by atoms with Gasteiger partial charge in [-0.3, -0.25) is 0 Å². The zero-order valence-electron chi connectivity index (χ0n) is 12.7. The van der Waals surface area contributed by atoms with Crippen LogP contribution in [0.15, 0.2) is 18.5 Å². The van der Waals surface area contributed by atoms with Crippen LogP contribution in [0.25, 0.3) is 5.95 Å². The van der Waals surface area contributed by atoms with Crippen molar-refractivity contribution in [3.8, 4) is 5.95 Å². The number of nitrogen functional groups attached to an aromatic ring is 1. The number of hydrogen-bond donors (Lipinski definition) is 2. The molecule has 0 unspecified atom stereocenters. The predicted molar refractivity (Wildman–Crippen MR) is 82.2 cm³/mol. The standard InChI is InChI=1S/C13H22N8/c1-10(2)20(3)8-4-6-15-12-17-11(14)18-13(19-12)21-9-5-7-16-21/h5,7,9-10H,4,6,8H2,1-3H3,(H3,14,15,17,18,19). The quantitative estimate of drug-likeness (QED) is 0.727. The highest BCUT2D eigenvalue weighted by molar-refractivity contribution is 5.34. The maximum absolute atomic E-state index is 5.71. The van der Waals surface area contributed by atoms with Crippen molar-refractivity contribution < 1.29 is 0 Å². The number of anilines is 2. The predicted octanol–water partition coefficient (Wildman–Crippen LogP) is 0.782. The molecule has 2 rings (SSSR count). The largest absolute Gasteiger partial charge is 0.368 e. The minimum atomic E-state index is 0.178. The summed E-state index contributed by atoms with van der Waals surface area (Å²) in [6.07, 6.45) is 4.42. The normalized spacial score (nSPS) is 11.3. The molecule has 0 aliphatic carbocycles. The van der Waals surface area contributed by atoms with Gasteiger partial charge in [0.25, 0.3) is 5.95 Å². The number of nitrogens with zero attached hydrogens (tertiary/aromatic N) is 6. The smallest absolute Gasteiger partial charge is 0.257 e. The summed E-state index contributed by atoms with van der Waals surface area (Å²) in [5, 5.41) is 7.25. The van der Waals surface area contributed by atoms with Crippen LogP contribution in [0.1, 0.15) is 20.3 Å². The Hall–Kier alpha value is -2.22. The molecule has 21 heavy (non-hydrogen) atoms. The lowest BCUT2D eigenvalue weighted by atomic mass is 10.3. The van der Waals surface area contributed by atoms with Crippen LogP contribution in [0.4, 0.5) is 11.9 Å². The van der Waals surface area contributed by atoms with Crippen molar-refractivity contribution in [2.75, 3.05) is 31.2 Å². The van der Waals surface area contributed by atoms with Gasteiger partial charge in [0.2, 0.25) is 11.9 Å². The van der Waals surface area contributed by atoms with Crippen molar-refractivity contribution in [1.82, 2.24) is 29.6 Å². The van der Waals surface area contributed by atoms with E-state index in [-0.39, 0.29) is 5.95 Å². The average Bonchev–Trinajstić information content (AvgIpc) is 2.96. The first-order valence-corrected chi connectivity index (χ1v) is 7.02. The molecule has 3 N–H and O–H groups in total. The molecule has 114 valence electrons. The first-order valence-electron chi connectivity index (χ1n) is 7.02. The van der Waals surface area contributed by atoms with Gasteiger partial charge in [0.1, 0.15) is 0 Å². The molecule has 0 atom stereocenters. The van der Waals surface area contributed by atoms with E-state index in [2.05, 4.69) is 51.2 Å². The maximum Gasteiger partial charge on any atom is 0.257 e. The highest BCUT2D eigenvalue weighted by Crippen LogP contribution is 2.06. The highest BCUT2D eigenvalue weighted by Gasteiger charge is 2.07. The van der Waals surface area contributed by atoms with E-state index in [1.807, 2.05) is 0 Å². The SMILES string of the molecule is CC(C)N(C)CCCNc1nc(N)nc(-n2cccn2)n1. The van der Waals surface area contributed by atoms with Crippen LogP contribution in [0.2, 0.25) is 0 Å². The molecule has 0 radical (unpaired) electrons. The molecule has 0 bridgehead atoms. The molecule has 0 saturated heterocycles. The van der Waals surface area contributed by atoms with E-state index in [0.717, 1.165) is 19.5 Å². The number of nitrogens with two attached hydrogens (primary N) is 1. The zero-order valence-corrected chi connectivity index (χ0v) is 12.7. The topological polar surface area (TPSA) is 97.8 Å². The summed E-state index contributed by atoms with van der Waals surface area (Å²) in [7, 11) is 2.11. The van der Waals surface area contributed by atoms with Gasteiger partial charge in [-0.05, 0) is 39.9 Å². The summed E-state index contributed by atoms with van der Waals surface area (Å²) in [5.41, 5.74) is 5.71. The van der Waals surface area contributed by atoms with Crippen molar-refractivity contribution >= 4 is 11.9 Å². The molecule has 0 amide bonds. The molecular weight excluding hydrogens is 268 g/mol. The zero-order chi connectivity index (χ0) is 15.2. The Morgan fingerprint density at radius 3 is 2.81 bits per heavy atom. The highest BCUT2D eigenvalue weighted by atomic mass is 15.4. The van der Waals surface area contributed by atoms with Crippen LogP contribution < -0.4 is 11.1 Å². The number of hydrogen-bond acceptors (Lipinski definition) is 7. The lowest BCUT2D eigenvalue weighted by Gasteiger charge is -2.20. The molecule has 0 aromatic carbocycles. The fraction of sp³-hybridized carbons (Fsp3) is 0.538. The third kappa shape index (κ3) is 4.38. The van der Waals surface area contributed by atoms with Crippen LogP contribution in [-0.4, -0.2) is 55.8 Å². The van der Waals surface area contributed by atoms with Gasteiger partial charge in [-0.15, -0.1) is 0 Å². The fourth-order valence-electron chi connectivity index (χ4n) is 1.74. The second-order valence-corrected chi connectivity index (χ2v) is 5.12. The monoisotopic (exact) mass is 290 g/mol. The van der Waals surface area contributed by atoms with Gasteiger partial charge in [0.15, 0.2) is 0 Å². The van der Waals surface area contributed by atoms with Crippen molar-refractivity contribution in [1.29, 1.82) is 0 Å². The average molecular weight is 290 g/mol. The van der Waals surface area contributed by atoms with Gasteiger partial charge >= 0.3 is 0 Å². The molecule has 0 saturated carbocycles. The Labute approximate surface area is 124 Å². The Bertz CT molecular complexity index is 551. The Morgan fingerprint density at radius 2 is 2.14 bits per heavy atom. The van der Waals surface area contributed by atoms with Gasteiger partial charge in [0, 0.05) is 25.0 Å². The van der Waals surface area contributed by atoms with E-state index < -0.39 is 0 Å². The molecule has 2 aromatic heterocycles. The minimum absolute atomic E-state index is 0.178.